The minimum Gasteiger partial charge on any atom is 1.00 e. The molecule has 1 aromatic carbocycles. The molecule has 11 heavy (non-hydrogen) atoms. The topological polar surface area (TPSA) is 57.2 Å². The summed E-state index contributed by atoms with van der Waals surface area (Å²) in [5.74, 6) is 0. The molecule has 0 amide bonds. The van der Waals surface area contributed by atoms with Gasteiger partial charge in [-0.25, -0.2) is 0 Å². The Labute approximate surface area is 88.7 Å². The van der Waals surface area contributed by atoms with Gasteiger partial charge in [-0.2, -0.15) is 0 Å². The van der Waals surface area contributed by atoms with Gasteiger partial charge >= 0.3 is 89.2 Å². The molecule has 1 rings (SSSR count). The van der Waals surface area contributed by atoms with Crippen LogP contribution in [0.15, 0.2) is 30.3 Å². The summed E-state index contributed by atoms with van der Waals surface area (Å²) in [7, 11) is 0. The van der Waals surface area contributed by atoms with Crippen molar-refractivity contribution >= 4 is 17.5 Å². The maximum atomic E-state index is 10.4. The SMILES string of the molecule is O=[Se](=O)([O-])c1ccccc1.[Na+]. The molecule has 5 heteroatoms. The van der Waals surface area contributed by atoms with E-state index in [-0.39, 0.29) is 34.0 Å². The summed E-state index contributed by atoms with van der Waals surface area (Å²) < 4.78 is 30.9. The van der Waals surface area contributed by atoms with Gasteiger partial charge in [0.1, 0.15) is 0 Å². The van der Waals surface area contributed by atoms with E-state index < -0.39 is 13.0 Å². The molecule has 1 aromatic rings. The average molecular weight is 227 g/mol. The van der Waals surface area contributed by atoms with Gasteiger partial charge in [-0.15, -0.1) is 0 Å². The van der Waals surface area contributed by atoms with E-state index in [2.05, 4.69) is 0 Å². The molecule has 0 saturated carbocycles. The molecule has 0 N–H and O–H groups in total. The molecule has 0 aliphatic rings. The largest absolute Gasteiger partial charge is 1.00 e. The smallest absolute Gasteiger partial charge is 1.00 e. The van der Waals surface area contributed by atoms with E-state index in [4.69, 9.17) is 0 Å². The van der Waals surface area contributed by atoms with Gasteiger partial charge in [0.2, 0.25) is 0 Å². The van der Waals surface area contributed by atoms with Crippen molar-refractivity contribution in [2.24, 2.45) is 0 Å². The third-order valence-corrected chi connectivity index (χ3v) is 2.81. The predicted molar refractivity (Wildman–Crippen MR) is 33.2 cm³/mol. The van der Waals surface area contributed by atoms with Crippen LogP contribution in [0, 0.1) is 0 Å². The van der Waals surface area contributed by atoms with E-state index in [0.29, 0.717) is 0 Å². The van der Waals surface area contributed by atoms with E-state index in [1.165, 1.54) is 24.3 Å². The summed E-state index contributed by atoms with van der Waals surface area (Å²) >= 11 is -4.95. The van der Waals surface area contributed by atoms with E-state index in [1.807, 2.05) is 0 Å². The zero-order valence-electron chi connectivity index (χ0n) is 6.02. The molecular weight excluding hydrogens is 222 g/mol. The summed E-state index contributed by atoms with van der Waals surface area (Å²) in [6.07, 6.45) is 0. The summed E-state index contributed by atoms with van der Waals surface area (Å²) in [4.78, 5) is 0. The number of hydrogen-bond donors (Lipinski definition) is 0. The van der Waals surface area contributed by atoms with Crippen LogP contribution in [0.3, 0.4) is 0 Å². The van der Waals surface area contributed by atoms with Crippen LogP contribution < -0.4 is 38.2 Å². The van der Waals surface area contributed by atoms with Gasteiger partial charge < -0.3 is 0 Å². The van der Waals surface area contributed by atoms with E-state index in [1.54, 1.807) is 6.07 Å². The van der Waals surface area contributed by atoms with E-state index in [0.717, 1.165) is 0 Å². The predicted octanol–water partition coefficient (Wildman–Crippen LogP) is -3.94. The first-order valence-electron chi connectivity index (χ1n) is 2.61. The molecule has 0 spiro atoms. The van der Waals surface area contributed by atoms with Crippen LogP contribution in [0.2, 0.25) is 0 Å². The quantitative estimate of drug-likeness (QED) is 0.460. The maximum absolute atomic E-state index is 10.4. The first-order valence-corrected chi connectivity index (χ1v) is 5.57. The summed E-state index contributed by atoms with van der Waals surface area (Å²) in [5, 5.41) is 0. The van der Waals surface area contributed by atoms with Gasteiger partial charge in [-0.05, 0) is 0 Å². The minimum absolute atomic E-state index is 0. The first kappa shape index (κ1) is 11.3. The van der Waals surface area contributed by atoms with Crippen molar-refractivity contribution in [3.05, 3.63) is 30.3 Å². The van der Waals surface area contributed by atoms with Crippen molar-refractivity contribution in [2.75, 3.05) is 0 Å². The summed E-state index contributed by atoms with van der Waals surface area (Å²) in [6.45, 7) is 0. The van der Waals surface area contributed by atoms with Crippen molar-refractivity contribution in [3.63, 3.8) is 0 Å². The molecule has 0 radical (unpaired) electrons. The Morgan fingerprint density at radius 2 is 1.55 bits per heavy atom. The number of rotatable bonds is 1. The molecule has 3 nitrogen and oxygen atoms in total. The second-order valence-corrected chi connectivity index (χ2v) is 4.66. The van der Waals surface area contributed by atoms with Crippen molar-refractivity contribution in [3.8, 4) is 0 Å². The third kappa shape index (κ3) is 3.47. The molecule has 0 saturated heterocycles. The second kappa shape index (κ2) is 4.36. The van der Waals surface area contributed by atoms with Crippen LogP contribution >= 0.6 is 0 Å². The van der Waals surface area contributed by atoms with Crippen LogP contribution in [0.5, 0.6) is 0 Å². The Balaban J connectivity index is 0.000001000. The standard InChI is InChI=1S/C6H6O3Se.Na/c7-10(8,9)6-4-2-1-3-5-6;/h1-5H,(H,7,8,9);/q;+1/p-1. The molecule has 0 atom stereocenters. The molecule has 0 fully saturated rings. The third-order valence-electron chi connectivity index (χ3n) is 1.03. The molecule has 0 bridgehead atoms. The summed E-state index contributed by atoms with van der Waals surface area (Å²) in [6, 6.07) is 7.30. The van der Waals surface area contributed by atoms with E-state index in [9.17, 15) is 11.9 Å². The number of benzene rings is 1. The van der Waals surface area contributed by atoms with Crippen molar-refractivity contribution in [1.82, 2.24) is 0 Å². The van der Waals surface area contributed by atoms with Crippen LogP contribution in [0.1, 0.15) is 0 Å². The van der Waals surface area contributed by atoms with Gasteiger partial charge in [-0.1, -0.05) is 0 Å². The fourth-order valence-corrected chi connectivity index (χ4v) is 1.62. The molecule has 0 heterocycles. The van der Waals surface area contributed by atoms with E-state index >= 15 is 0 Å². The summed E-state index contributed by atoms with van der Waals surface area (Å²) in [5.41, 5.74) is 0. The fraction of sp³-hybridized carbons (Fsp3) is 0. The number of hydrogen-bond acceptors (Lipinski definition) is 3. The van der Waals surface area contributed by atoms with Crippen molar-refractivity contribution < 1.29 is 41.4 Å². The zero-order valence-corrected chi connectivity index (χ0v) is 9.73. The van der Waals surface area contributed by atoms with Crippen molar-refractivity contribution in [2.45, 2.75) is 0 Å². The van der Waals surface area contributed by atoms with Gasteiger partial charge in [0.05, 0.1) is 0 Å². The molecule has 0 unspecified atom stereocenters. The van der Waals surface area contributed by atoms with Crippen LogP contribution in [0.25, 0.3) is 0 Å². The Morgan fingerprint density at radius 3 is 1.82 bits per heavy atom. The Morgan fingerprint density at radius 1 is 1.09 bits per heavy atom. The first-order chi connectivity index (χ1) is 4.61. The van der Waals surface area contributed by atoms with Crippen LogP contribution in [-0.4, -0.2) is 13.0 Å². The molecule has 0 aromatic heterocycles. The van der Waals surface area contributed by atoms with Crippen LogP contribution in [-0.2, 0) is 7.67 Å². The maximum Gasteiger partial charge on any atom is 1.00 e. The van der Waals surface area contributed by atoms with Gasteiger partial charge in [0.25, 0.3) is 0 Å². The van der Waals surface area contributed by atoms with Gasteiger partial charge in [-0.3, -0.25) is 0 Å². The Bertz CT molecular complexity index is 306. The Kier molecular flexibility index (Phi) is 4.47. The second-order valence-electron chi connectivity index (χ2n) is 1.77. The molecule has 54 valence electrons. The van der Waals surface area contributed by atoms with Crippen LogP contribution in [0.4, 0.5) is 0 Å². The molecule has 0 aliphatic carbocycles. The zero-order chi connectivity index (χ0) is 7.61. The average Bonchev–Trinajstić information content (AvgIpc) is 1.88. The van der Waals surface area contributed by atoms with Gasteiger partial charge in [0, 0.05) is 0 Å². The molecular formula is C6H5NaO3Se. The van der Waals surface area contributed by atoms with Crippen molar-refractivity contribution in [1.29, 1.82) is 0 Å². The fourth-order valence-electron chi connectivity index (χ4n) is 0.587. The monoisotopic (exact) mass is 228 g/mol. The minimum atomic E-state index is -4.95. The van der Waals surface area contributed by atoms with Gasteiger partial charge in [0.15, 0.2) is 0 Å². The normalized spacial score (nSPS) is 10.3. The Hall–Kier alpha value is 0.299. The molecule has 0 aliphatic heterocycles.